The van der Waals surface area contributed by atoms with Crippen molar-refractivity contribution in [1.29, 1.82) is 0 Å². The average molecular weight is 459 g/mol. The van der Waals surface area contributed by atoms with Crippen molar-refractivity contribution in [2.24, 2.45) is 11.3 Å². The van der Waals surface area contributed by atoms with Crippen LogP contribution in [-0.4, -0.2) is 53.9 Å². The average Bonchev–Trinajstić information content (AvgIpc) is 2.97. The quantitative estimate of drug-likeness (QED) is 0.543. The van der Waals surface area contributed by atoms with Gasteiger partial charge in [0.2, 0.25) is 5.91 Å². The first-order valence-corrected chi connectivity index (χ1v) is 11.5. The molecule has 0 bridgehead atoms. The summed E-state index contributed by atoms with van der Waals surface area (Å²) in [5, 5.41) is 8.19. The molecular formula is C24H34N4O5. The Morgan fingerprint density at radius 2 is 1.76 bits per heavy atom. The van der Waals surface area contributed by atoms with E-state index < -0.39 is 17.5 Å². The molecule has 0 radical (unpaired) electrons. The third-order valence-corrected chi connectivity index (χ3v) is 6.49. The minimum Gasteiger partial charge on any atom is -0.484 e. The van der Waals surface area contributed by atoms with Crippen molar-refractivity contribution in [2.75, 3.05) is 25.0 Å². The number of nitrogens with zero attached hydrogens (tertiary/aromatic N) is 1. The Labute approximate surface area is 194 Å². The highest BCUT2D eigenvalue weighted by molar-refractivity contribution is 6.10. The molecule has 1 saturated carbocycles. The number of imide groups is 1. The molecule has 2 fully saturated rings. The Morgan fingerprint density at radius 1 is 1.12 bits per heavy atom. The molecule has 1 saturated heterocycles. The molecule has 5 amide bonds. The van der Waals surface area contributed by atoms with E-state index in [0.717, 1.165) is 17.7 Å². The van der Waals surface area contributed by atoms with Gasteiger partial charge in [0.1, 0.15) is 17.8 Å². The number of likely N-dealkylation sites (N-methyl/N-ethyl adjacent to an activating group) is 1. The molecule has 0 aromatic heterocycles. The number of hydrogen-bond acceptors (Lipinski definition) is 5. The molecule has 0 atom stereocenters. The molecule has 1 heterocycles. The lowest BCUT2D eigenvalue weighted by atomic mass is 9.67. The van der Waals surface area contributed by atoms with E-state index in [1.165, 1.54) is 0 Å². The van der Waals surface area contributed by atoms with Crippen molar-refractivity contribution in [3.63, 3.8) is 0 Å². The smallest absolute Gasteiger partial charge is 0.325 e. The Morgan fingerprint density at radius 3 is 2.33 bits per heavy atom. The number of urea groups is 1. The van der Waals surface area contributed by atoms with E-state index in [-0.39, 0.29) is 30.4 Å². The molecule has 1 spiro atoms. The Bertz CT molecular complexity index is 898. The van der Waals surface area contributed by atoms with Crippen molar-refractivity contribution in [3.8, 4) is 5.75 Å². The Balaban J connectivity index is 1.53. The van der Waals surface area contributed by atoms with Gasteiger partial charge in [-0.1, -0.05) is 20.8 Å². The summed E-state index contributed by atoms with van der Waals surface area (Å²) in [6, 6.07) is 6.01. The molecule has 33 heavy (non-hydrogen) atoms. The fourth-order valence-corrected chi connectivity index (χ4v) is 4.51. The minimum absolute atomic E-state index is 0.0933. The molecule has 9 nitrogen and oxygen atoms in total. The maximum absolute atomic E-state index is 13.1. The zero-order valence-corrected chi connectivity index (χ0v) is 19.8. The van der Waals surface area contributed by atoms with E-state index >= 15 is 0 Å². The van der Waals surface area contributed by atoms with Gasteiger partial charge in [0.05, 0.1) is 0 Å². The maximum atomic E-state index is 13.1. The van der Waals surface area contributed by atoms with Crippen LogP contribution in [0.1, 0.15) is 53.4 Å². The van der Waals surface area contributed by atoms with Crippen LogP contribution in [0.2, 0.25) is 0 Å². The topological polar surface area (TPSA) is 117 Å². The maximum Gasteiger partial charge on any atom is 0.325 e. The molecule has 3 N–H and O–H groups in total. The van der Waals surface area contributed by atoms with E-state index in [0.29, 0.717) is 36.7 Å². The predicted molar refractivity (Wildman–Crippen MR) is 124 cm³/mol. The number of anilines is 1. The van der Waals surface area contributed by atoms with Gasteiger partial charge in [-0.3, -0.25) is 19.3 Å². The standard InChI is InChI=1S/C24H34N4O5/c1-5-25-20(30)15-33-18-8-6-17(7-9-18)26-19(29)14-28-21(31)24(27-22(28)32)12-10-16(11-13-24)23(2,3)4/h6-9,16H,5,10-15H2,1-4H3,(H,25,30)(H,26,29)(H,27,32). The van der Waals surface area contributed by atoms with Gasteiger partial charge < -0.3 is 20.7 Å². The molecule has 1 aromatic carbocycles. The molecule has 1 aromatic rings. The van der Waals surface area contributed by atoms with Gasteiger partial charge in [-0.2, -0.15) is 0 Å². The third-order valence-electron chi connectivity index (χ3n) is 6.49. The fraction of sp³-hybridized carbons (Fsp3) is 0.583. The van der Waals surface area contributed by atoms with Crippen LogP contribution in [-0.2, 0) is 14.4 Å². The van der Waals surface area contributed by atoms with Gasteiger partial charge in [-0.15, -0.1) is 0 Å². The van der Waals surface area contributed by atoms with Crippen LogP contribution in [0.15, 0.2) is 24.3 Å². The van der Waals surface area contributed by atoms with E-state index in [1.807, 2.05) is 6.92 Å². The first-order chi connectivity index (χ1) is 15.5. The molecule has 1 aliphatic carbocycles. The van der Waals surface area contributed by atoms with Gasteiger partial charge in [0.15, 0.2) is 6.61 Å². The Hall–Kier alpha value is -3.10. The highest BCUT2D eigenvalue weighted by Gasteiger charge is 2.53. The van der Waals surface area contributed by atoms with E-state index in [1.54, 1.807) is 24.3 Å². The first-order valence-electron chi connectivity index (χ1n) is 11.5. The van der Waals surface area contributed by atoms with Crippen molar-refractivity contribution >= 4 is 29.4 Å². The van der Waals surface area contributed by atoms with Crippen LogP contribution in [0.4, 0.5) is 10.5 Å². The van der Waals surface area contributed by atoms with Crippen LogP contribution in [0, 0.1) is 11.3 Å². The number of ether oxygens (including phenoxy) is 1. The van der Waals surface area contributed by atoms with Gasteiger partial charge in [-0.25, -0.2) is 4.79 Å². The third kappa shape index (κ3) is 5.83. The fourth-order valence-electron chi connectivity index (χ4n) is 4.51. The number of rotatable bonds is 7. The summed E-state index contributed by atoms with van der Waals surface area (Å²) in [6.45, 7) is 8.51. The van der Waals surface area contributed by atoms with Crippen LogP contribution >= 0.6 is 0 Å². The highest BCUT2D eigenvalue weighted by Crippen LogP contribution is 2.43. The van der Waals surface area contributed by atoms with E-state index in [2.05, 4.69) is 36.7 Å². The van der Waals surface area contributed by atoms with Gasteiger partial charge in [-0.05, 0) is 68.2 Å². The second-order valence-electron chi connectivity index (χ2n) is 9.86. The molecule has 0 unspecified atom stereocenters. The molecule has 180 valence electrons. The number of carbonyl (C=O) groups excluding carboxylic acids is 4. The van der Waals surface area contributed by atoms with Crippen LogP contribution < -0.4 is 20.7 Å². The van der Waals surface area contributed by atoms with Gasteiger partial charge in [0, 0.05) is 12.2 Å². The van der Waals surface area contributed by atoms with Crippen LogP contribution in [0.5, 0.6) is 5.75 Å². The van der Waals surface area contributed by atoms with Crippen molar-refractivity contribution in [2.45, 2.75) is 58.9 Å². The molecule has 3 rings (SSSR count). The largest absolute Gasteiger partial charge is 0.484 e. The summed E-state index contributed by atoms with van der Waals surface area (Å²) in [6.07, 6.45) is 2.92. The van der Waals surface area contributed by atoms with Crippen molar-refractivity contribution in [3.05, 3.63) is 24.3 Å². The summed E-state index contributed by atoms with van der Waals surface area (Å²) in [7, 11) is 0. The Kier molecular flexibility index (Phi) is 7.29. The lowest BCUT2D eigenvalue weighted by Crippen LogP contribution is -2.50. The molecule has 1 aliphatic heterocycles. The lowest BCUT2D eigenvalue weighted by Gasteiger charge is -2.40. The number of amides is 5. The molecular weight excluding hydrogens is 424 g/mol. The zero-order valence-electron chi connectivity index (χ0n) is 19.8. The highest BCUT2D eigenvalue weighted by atomic mass is 16.5. The monoisotopic (exact) mass is 458 g/mol. The first kappa shape index (κ1) is 24.5. The van der Waals surface area contributed by atoms with Crippen molar-refractivity contribution in [1.82, 2.24) is 15.5 Å². The van der Waals surface area contributed by atoms with Gasteiger partial charge in [0.25, 0.3) is 11.8 Å². The predicted octanol–water partition coefficient (Wildman–Crippen LogP) is 2.67. The van der Waals surface area contributed by atoms with Gasteiger partial charge >= 0.3 is 6.03 Å². The second-order valence-corrected chi connectivity index (χ2v) is 9.86. The summed E-state index contributed by atoms with van der Waals surface area (Å²) >= 11 is 0. The van der Waals surface area contributed by atoms with E-state index in [9.17, 15) is 19.2 Å². The molecule has 2 aliphatic rings. The normalized spacial score (nSPS) is 22.8. The number of benzene rings is 1. The zero-order chi connectivity index (χ0) is 24.2. The molecule has 9 heteroatoms. The number of nitrogens with one attached hydrogen (secondary N) is 3. The lowest BCUT2D eigenvalue weighted by molar-refractivity contribution is -0.135. The van der Waals surface area contributed by atoms with E-state index in [4.69, 9.17) is 4.74 Å². The minimum atomic E-state index is -0.887. The number of carbonyl (C=O) groups is 4. The van der Waals surface area contributed by atoms with Crippen LogP contribution in [0.3, 0.4) is 0 Å². The second kappa shape index (κ2) is 9.80. The van der Waals surface area contributed by atoms with Crippen LogP contribution in [0.25, 0.3) is 0 Å². The summed E-state index contributed by atoms with van der Waals surface area (Å²) < 4.78 is 5.38. The summed E-state index contributed by atoms with van der Waals surface area (Å²) in [4.78, 5) is 50.6. The SMILES string of the molecule is CCNC(=O)COc1ccc(NC(=O)CN2C(=O)NC3(CCC(C(C)(C)C)CC3)C2=O)cc1. The summed E-state index contributed by atoms with van der Waals surface area (Å²) in [5.74, 6) is -0.00793. The van der Waals surface area contributed by atoms with Crippen molar-refractivity contribution < 1.29 is 23.9 Å². The summed E-state index contributed by atoms with van der Waals surface area (Å²) in [5.41, 5.74) is -0.227. The number of hydrogen-bond donors (Lipinski definition) is 3.